The number of carbonyl (C=O) groups is 3. The summed E-state index contributed by atoms with van der Waals surface area (Å²) in [5.41, 5.74) is -0.535. The molecule has 6 rings (SSSR count). The van der Waals surface area contributed by atoms with Gasteiger partial charge in [0.2, 0.25) is 5.91 Å². The maximum absolute atomic E-state index is 13.7. The molecule has 3 fully saturated rings. The van der Waals surface area contributed by atoms with E-state index in [1.807, 2.05) is 0 Å². The highest BCUT2D eigenvalue weighted by Crippen LogP contribution is 2.41. The van der Waals surface area contributed by atoms with Gasteiger partial charge >= 0.3 is 6.18 Å². The number of amides is 3. The first-order valence-electron chi connectivity index (χ1n) is 14.1. The first-order chi connectivity index (χ1) is 20.5. The molecule has 4 heterocycles. The Morgan fingerprint density at radius 1 is 1.09 bits per heavy atom. The molecule has 0 unspecified atom stereocenters. The number of nitrogens with zero attached hydrogens (tertiary/aromatic N) is 6. The quantitative estimate of drug-likeness (QED) is 0.419. The lowest BCUT2D eigenvalue weighted by molar-refractivity contribution is -0.141. The fourth-order valence-corrected chi connectivity index (χ4v) is 5.60. The van der Waals surface area contributed by atoms with E-state index < -0.39 is 17.8 Å². The normalized spacial score (nSPS) is 17.6. The maximum atomic E-state index is 13.7. The third-order valence-electron chi connectivity index (χ3n) is 8.09. The fourth-order valence-electron chi connectivity index (χ4n) is 5.34. The number of anilines is 1. The van der Waals surface area contributed by atoms with Crippen molar-refractivity contribution in [1.29, 1.82) is 0 Å². The minimum atomic E-state index is -4.67. The Morgan fingerprint density at radius 3 is 2.40 bits per heavy atom. The zero-order valence-corrected chi connectivity index (χ0v) is 24.1. The highest BCUT2D eigenvalue weighted by molar-refractivity contribution is 6.34. The van der Waals surface area contributed by atoms with Gasteiger partial charge in [-0.05, 0) is 50.0 Å². The number of benzene rings is 1. The Balaban J connectivity index is 1.10. The topological polar surface area (TPSA) is 117 Å². The van der Waals surface area contributed by atoms with E-state index in [-0.39, 0.29) is 51.2 Å². The van der Waals surface area contributed by atoms with Crippen LogP contribution in [0.2, 0.25) is 5.02 Å². The summed E-state index contributed by atoms with van der Waals surface area (Å²) in [6.07, 6.45) is -0.0679. The van der Waals surface area contributed by atoms with Gasteiger partial charge in [0.25, 0.3) is 11.8 Å². The van der Waals surface area contributed by atoms with Crippen molar-refractivity contribution < 1.29 is 27.6 Å². The van der Waals surface area contributed by atoms with Crippen LogP contribution in [0.3, 0.4) is 0 Å². The van der Waals surface area contributed by atoms with Gasteiger partial charge < -0.3 is 25.0 Å². The average molecular weight is 619 g/mol. The van der Waals surface area contributed by atoms with E-state index in [2.05, 4.69) is 20.7 Å². The first-order valence-corrected chi connectivity index (χ1v) is 14.4. The summed E-state index contributed by atoms with van der Waals surface area (Å²) < 4.78 is 43.8. The molecule has 15 heteroatoms. The number of hydrogen-bond acceptors (Lipinski definition) is 6. The van der Waals surface area contributed by atoms with Crippen molar-refractivity contribution in [2.24, 2.45) is 13.0 Å². The number of alkyl halides is 3. The van der Waals surface area contributed by atoms with Crippen molar-refractivity contribution in [3.05, 3.63) is 52.7 Å². The van der Waals surface area contributed by atoms with Gasteiger partial charge in [-0.2, -0.15) is 18.3 Å². The summed E-state index contributed by atoms with van der Waals surface area (Å²) in [7, 11) is 1.46. The molecule has 1 saturated carbocycles. The lowest BCUT2D eigenvalue weighted by Gasteiger charge is -2.36. The number of aromatic nitrogens is 4. The van der Waals surface area contributed by atoms with Gasteiger partial charge in [0.15, 0.2) is 11.5 Å². The molecule has 3 amide bonds. The summed E-state index contributed by atoms with van der Waals surface area (Å²) in [6, 6.07) is 4.41. The highest BCUT2D eigenvalue weighted by atomic mass is 35.5. The molecule has 2 aromatic heterocycles. The summed E-state index contributed by atoms with van der Waals surface area (Å²) in [5.74, 6) is -0.571. The number of piperazine rings is 1. The van der Waals surface area contributed by atoms with E-state index in [1.165, 1.54) is 46.9 Å². The van der Waals surface area contributed by atoms with E-state index in [1.54, 1.807) is 9.80 Å². The Bertz CT molecular complexity index is 1570. The van der Waals surface area contributed by atoms with Crippen LogP contribution in [0.5, 0.6) is 0 Å². The molecular formula is C28H30ClF3N8O3. The van der Waals surface area contributed by atoms with Gasteiger partial charge in [0.05, 0.1) is 34.1 Å². The molecule has 11 nitrogen and oxygen atoms in total. The van der Waals surface area contributed by atoms with Crippen molar-refractivity contribution >= 4 is 35.0 Å². The molecule has 43 heavy (non-hydrogen) atoms. The molecular weight excluding hydrogens is 589 g/mol. The molecule has 3 aliphatic rings. The molecule has 3 aromatic rings. The molecule has 0 bridgehead atoms. The van der Waals surface area contributed by atoms with E-state index >= 15 is 0 Å². The number of imidazole rings is 1. The Kier molecular flexibility index (Phi) is 7.67. The predicted molar refractivity (Wildman–Crippen MR) is 151 cm³/mol. The molecule has 2 saturated heterocycles. The first kappa shape index (κ1) is 29.2. The van der Waals surface area contributed by atoms with E-state index in [0.29, 0.717) is 38.5 Å². The van der Waals surface area contributed by atoms with Crippen LogP contribution in [0.1, 0.15) is 52.0 Å². The van der Waals surface area contributed by atoms with Gasteiger partial charge in [0.1, 0.15) is 0 Å². The third-order valence-corrected chi connectivity index (χ3v) is 8.41. The van der Waals surface area contributed by atoms with Crippen LogP contribution in [-0.2, 0) is 18.0 Å². The Morgan fingerprint density at radius 2 is 1.79 bits per heavy atom. The molecule has 1 aliphatic carbocycles. The summed E-state index contributed by atoms with van der Waals surface area (Å²) in [4.78, 5) is 46.2. The SMILES string of the molecule is Cn1c(-c2cn(C3CC3)nc2C(F)(F)F)cnc1C(=O)Nc1ccc(C(=O)N2CCN(C(=O)CC3CNC3)CC2)c(Cl)c1. The Hall–Kier alpha value is -3.91. The van der Waals surface area contributed by atoms with Crippen molar-refractivity contribution in [1.82, 2.24) is 34.4 Å². The lowest BCUT2D eigenvalue weighted by Crippen LogP contribution is -2.52. The van der Waals surface area contributed by atoms with Crippen LogP contribution >= 0.6 is 11.6 Å². The van der Waals surface area contributed by atoms with E-state index in [9.17, 15) is 27.6 Å². The molecule has 0 spiro atoms. The van der Waals surface area contributed by atoms with E-state index in [4.69, 9.17) is 11.6 Å². The van der Waals surface area contributed by atoms with Gasteiger partial charge in [0, 0.05) is 51.5 Å². The largest absolute Gasteiger partial charge is 0.435 e. The zero-order valence-electron chi connectivity index (χ0n) is 23.3. The average Bonchev–Trinajstić information content (AvgIpc) is 3.57. The monoisotopic (exact) mass is 618 g/mol. The second kappa shape index (κ2) is 11.3. The number of rotatable bonds is 7. The van der Waals surface area contributed by atoms with Crippen LogP contribution in [0.15, 0.2) is 30.6 Å². The van der Waals surface area contributed by atoms with Gasteiger partial charge in [-0.15, -0.1) is 0 Å². The molecule has 0 atom stereocenters. The molecule has 2 N–H and O–H groups in total. The number of nitrogens with one attached hydrogen (secondary N) is 2. The summed E-state index contributed by atoms with van der Waals surface area (Å²) >= 11 is 6.43. The summed E-state index contributed by atoms with van der Waals surface area (Å²) in [5, 5.41) is 9.69. The van der Waals surface area contributed by atoms with Crippen LogP contribution < -0.4 is 10.6 Å². The molecule has 1 aromatic carbocycles. The molecule has 0 radical (unpaired) electrons. The van der Waals surface area contributed by atoms with Crippen molar-refractivity contribution in [3.8, 4) is 11.3 Å². The predicted octanol–water partition coefficient (Wildman–Crippen LogP) is 3.44. The number of hydrogen-bond donors (Lipinski definition) is 2. The van der Waals surface area contributed by atoms with Crippen LogP contribution in [0, 0.1) is 5.92 Å². The zero-order chi connectivity index (χ0) is 30.5. The molecule has 228 valence electrons. The second-order valence-electron chi connectivity index (χ2n) is 11.2. The third kappa shape index (κ3) is 5.98. The lowest BCUT2D eigenvalue weighted by atomic mass is 9.98. The number of halogens is 4. The van der Waals surface area contributed by atoms with Crippen molar-refractivity contribution in [2.75, 3.05) is 44.6 Å². The second-order valence-corrected chi connectivity index (χ2v) is 11.6. The summed E-state index contributed by atoms with van der Waals surface area (Å²) in [6.45, 7) is 3.40. The molecule has 2 aliphatic heterocycles. The van der Waals surface area contributed by atoms with Crippen molar-refractivity contribution in [3.63, 3.8) is 0 Å². The number of carbonyl (C=O) groups excluding carboxylic acids is 3. The van der Waals surface area contributed by atoms with Crippen LogP contribution in [0.25, 0.3) is 11.3 Å². The van der Waals surface area contributed by atoms with Gasteiger partial charge in [-0.1, -0.05) is 11.6 Å². The smallest absolute Gasteiger partial charge is 0.339 e. The highest BCUT2D eigenvalue weighted by Gasteiger charge is 2.40. The fraction of sp³-hybridized carbons (Fsp3) is 0.464. The Labute approximate surface area is 250 Å². The standard InChI is InChI=1S/C28H30ClF3N8O3/c1-37-22(20-15-40(18-3-4-18)36-24(20)28(30,31)32)14-34-25(37)26(42)35-17-2-5-19(21(29)11-17)27(43)39-8-6-38(7-9-39)23(41)10-16-12-33-13-16/h2,5,11,14-16,18,33H,3-4,6-10,12-13H2,1H3,(H,35,42). The van der Waals surface area contributed by atoms with Crippen LogP contribution in [0.4, 0.5) is 18.9 Å². The maximum Gasteiger partial charge on any atom is 0.435 e. The minimum Gasteiger partial charge on any atom is -0.339 e. The van der Waals surface area contributed by atoms with Gasteiger partial charge in [-0.25, -0.2) is 4.98 Å². The van der Waals surface area contributed by atoms with Crippen LogP contribution in [-0.4, -0.2) is 86.1 Å². The van der Waals surface area contributed by atoms with Crippen molar-refractivity contribution in [2.45, 2.75) is 31.5 Å². The van der Waals surface area contributed by atoms with Gasteiger partial charge in [-0.3, -0.25) is 19.1 Å². The minimum absolute atomic E-state index is 0.0566. The van der Waals surface area contributed by atoms with E-state index in [0.717, 1.165) is 25.9 Å².